The van der Waals surface area contributed by atoms with Crippen molar-refractivity contribution in [2.45, 2.75) is 19.3 Å². The summed E-state index contributed by atoms with van der Waals surface area (Å²) in [5.74, 6) is -0.507. The van der Waals surface area contributed by atoms with Crippen molar-refractivity contribution in [3.63, 3.8) is 0 Å². The zero-order valence-corrected chi connectivity index (χ0v) is 12.0. The lowest BCUT2D eigenvalue weighted by atomic mass is 10.2. The number of fused-ring (bicyclic) bond motifs is 1. The summed E-state index contributed by atoms with van der Waals surface area (Å²) in [7, 11) is 0. The van der Waals surface area contributed by atoms with E-state index in [0.717, 1.165) is 5.56 Å². The van der Waals surface area contributed by atoms with Crippen LogP contribution in [-0.2, 0) is 6.61 Å². The summed E-state index contributed by atoms with van der Waals surface area (Å²) >= 11 is 0. The summed E-state index contributed by atoms with van der Waals surface area (Å²) < 4.78 is 5.73. The Morgan fingerprint density at radius 1 is 1.18 bits per heavy atom. The zero-order chi connectivity index (χ0) is 15.6. The van der Waals surface area contributed by atoms with E-state index < -0.39 is 11.9 Å². The summed E-state index contributed by atoms with van der Waals surface area (Å²) in [5.41, 5.74) is 1.07. The fourth-order valence-corrected chi connectivity index (χ4v) is 2.27. The van der Waals surface area contributed by atoms with Crippen LogP contribution in [0.3, 0.4) is 0 Å². The highest BCUT2D eigenvalue weighted by Gasteiger charge is 2.27. The number of nitrogens with one attached hydrogen (secondary N) is 1. The Morgan fingerprint density at radius 3 is 2.64 bits per heavy atom. The van der Waals surface area contributed by atoms with Crippen molar-refractivity contribution in [3.05, 3.63) is 64.8 Å². The molecule has 0 aliphatic carbocycles. The fourth-order valence-electron chi connectivity index (χ4n) is 2.27. The van der Waals surface area contributed by atoms with E-state index in [0.29, 0.717) is 23.1 Å². The molecule has 2 N–H and O–H groups in total. The molecule has 6 heteroatoms. The first-order chi connectivity index (χ1) is 10.5. The van der Waals surface area contributed by atoms with Gasteiger partial charge in [-0.15, -0.1) is 0 Å². The molecule has 1 amide bonds. The summed E-state index contributed by atoms with van der Waals surface area (Å²) in [6.07, 6.45) is -1.16. The average molecular weight is 297 g/mol. The molecule has 6 nitrogen and oxygen atoms in total. The van der Waals surface area contributed by atoms with Gasteiger partial charge in [-0.25, -0.2) is 14.8 Å². The molecule has 1 heterocycles. The van der Waals surface area contributed by atoms with Crippen LogP contribution in [0.5, 0.6) is 5.75 Å². The minimum Gasteiger partial charge on any atom is -0.489 e. The molecule has 22 heavy (non-hydrogen) atoms. The van der Waals surface area contributed by atoms with Crippen molar-refractivity contribution < 1.29 is 14.6 Å². The van der Waals surface area contributed by atoms with Gasteiger partial charge in [-0.3, -0.25) is 5.32 Å². The first-order valence-electron chi connectivity index (χ1n) is 6.82. The second-order valence-electron chi connectivity index (χ2n) is 5.10. The lowest BCUT2D eigenvalue weighted by Crippen LogP contribution is -2.41. The second kappa shape index (κ2) is 5.48. The number of hydrogen-bond donors (Lipinski definition) is 2. The first kappa shape index (κ1) is 14.1. The van der Waals surface area contributed by atoms with Crippen LogP contribution in [-0.4, -0.2) is 17.0 Å². The van der Waals surface area contributed by atoms with Crippen LogP contribution in [0.25, 0.3) is 0 Å². The molecular weight excluding hydrogens is 282 g/mol. The Labute approximate surface area is 126 Å². The van der Waals surface area contributed by atoms with Crippen LogP contribution in [0.1, 0.15) is 12.5 Å². The first-order valence-corrected chi connectivity index (χ1v) is 6.82. The Morgan fingerprint density at radius 2 is 1.91 bits per heavy atom. The van der Waals surface area contributed by atoms with E-state index in [1.54, 1.807) is 25.1 Å². The largest absolute Gasteiger partial charge is 0.489 e. The number of benzene rings is 2. The molecule has 0 saturated carbocycles. The van der Waals surface area contributed by atoms with Gasteiger partial charge in [0.2, 0.25) is 5.79 Å². The third-order valence-corrected chi connectivity index (χ3v) is 3.22. The summed E-state index contributed by atoms with van der Waals surface area (Å²) in [5, 5.41) is 12.4. The second-order valence-corrected chi connectivity index (χ2v) is 5.10. The summed E-state index contributed by atoms with van der Waals surface area (Å²) in [6.45, 7) is 2.06. The quantitative estimate of drug-likeness (QED) is 0.896. The van der Waals surface area contributed by atoms with Crippen LogP contribution in [0.4, 0.5) is 4.79 Å². The minimum atomic E-state index is -1.17. The third-order valence-electron chi connectivity index (χ3n) is 3.22. The average Bonchev–Trinajstić information content (AvgIpc) is 2.80. The number of rotatable bonds is 4. The predicted molar refractivity (Wildman–Crippen MR) is 79.1 cm³/mol. The molecule has 0 bridgehead atoms. The molecule has 3 rings (SSSR count). The maximum atomic E-state index is 10.8. The van der Waals surface area contributed by atoms with Crippen molar-refractivity contribution in [2.75, 3.05) is 0 Å². The van der Waals surface area contributed by atoms with Crippen LogP contribution in [0.2, 0.25) is 0 Å². The normalized spacial score (nSPS) is 18.8. The van der Waals surface area contributed by atoms with Gasteiger partial charge in [-0.2, -0.15) is 0 Å². The molecule has 1 unspecified atom stereocenters. The van der Waals surface area contributed by atoms with Gasteiger partial charge in [-0.1, -0.05) is 30.3 Å². The molecule has 0 radical (unpaired) electrons. The van der Waals surface area contributed by atoms with Crippen molar-refractivity contribution in [1.29, 1.82) is 0 Å². The van der Waals surface area contributed by atoms with Crippen molar-refractivity contribution in [2.24, 2.45) is 9.98 Å². The van der Waals surface area contributed by atoms with E-state index in [1.165, 1.54) is 0 Å². The maximum Gasteiger partial charge on any atom is 0.408 e. The summed E-state index contributed by atoms with van der Waals surface area (Å²) in [4.78, 5) is 19.4. The van der Waals surface area contributed by atoms with Gasteiger partial charge in [0.05, 0.1) is 10.7 Å². The standard InChI is InChI=1S/C16H15N3O3/c1-16(19-15(20)21)17-13-8-7-12(9-14(13)18-16)22-10-11-5-3-2-4-6-11/h2-9,19H,10H2,1H3,(H,20,21). The number of carbonyl (C=O) groups is 1. The van der Waals surface area contributed by atoms with E-state index in [-0.39, 0.29) is 0 Å². The van der Waals surface area contributed by atoms with Crippen LogP contribution in [0.15, 0.2) is 58.5 Å². The third kappa shape index (κ3) is 3.06. The van der Waals surface area contributed by atoms with Crippen LogP contribution >= 0.6 is 0 Å². The fraction of sp³-hybridized carbons (Fsp3) is 0.188. The van der Waals surface area contributed by atoms with Crippen LogP contribution in [0, 0.1) is 0 Å². The molecular formula is C16H15N3O3. The van der Waals surface area contributed by atoms with E-state index in [4.69, 9.17) is 9.84 Å². The SMILES string of the molecule is CC1(NC(=O)O)N=c2ccc(OCc3ccccc3)cc2=N1. The zero-order valence-electron chi connectivity index (χ0n) is 12.0. The molecule has 0 fully saturated rings. The van der Waals surface area contributed by atoms with Crippen molar-refractivity contribution in [1.82, 2.24) is 5.32 Å². The Hall–Kier alpha value is -2.89. The van der Waals surface area contributed by atoms with E-state index >= 15 is 0 Å². The maximum absolute atomic E-state index is 10.8. The van der Waals surface area contributed by atoms with Gasteiger partial charge in [0.25, 0.3) is 0 Å². The number of amides is 1. The molecule has 1 aliphatic heterocycles. The topological polar surface area (TPSA) is 83.3 Å². The summed E-state index contributed by atoms with van der Waals surface area (Å²) in [6, 6.07) is 15.2. The smallest absolute Gasteiger partial charge is 0.408 e. The van der Waals surface area contributed by atoms with Gasteiger partial charge >= 0.3 is 6.09 Å². The van der Waals surface area contributed by atoms with Gasteiger partial charge < -0.3 is 9.84 Å². The predicted octanol–water partition coefficient (Wildman–Crippen LogP) is 1.46. The monoisotopic (exact) mass is 297 g/mol. The molecule has 0 spiro atoms. The number of ether oxygens (including phenoxy) is 1. The Balaban J connectivity index is 1.79. The van der Waals surface area contributed by atoms with E-state index in [1.807, 2.05) is 30.3 Å². The molecule has 2 aromatic rings. The van der Waals surface area contributed by atoms with Gasteiger partial charge in [0, 0.05) is 13.0 Å². The Kier molecular flexibility index (Phi) is 3.50. The van der Waals surface area contributed by atoms with Crippen molar-refractivity contribution in [3.8, 4) is 5.75 Å². The number of carboxylic acid groups (broad SMARTS) is 1. The highest BCUT2D eigenvalue weighted by atomic mass is 16.5. The molecule has 112 valence electrons. The van der Waals surface area contributed by atoms with Crippen LogP contribution < -0.4 is 20.8 Å². The molecule has 2 aromatic carbocycles. The van der Waals surface area contributed by atoms with Crippen molar-refractivity contribution >= 4 is 6.09 Å². The highest BCUT2D eigenvalue weighted by molar-refractivity contribution is 5.65. The molecule has 0 saturated heterocycles. The number of nitrogens with zero attached hydrogens (tertiary/aromatic N) is 2. The molecule has 0 aromatic heterocycles. The molecule has 1 aliphatic rings. The minimum absolute atomic E-state index is 0.460. The Bertz CT molecular complexity index is 820. The lowest BCUT2D eigenvalue weighted by Gasteiger charge is -2.16. The number of hydrogen-bond acceptors (Lipinski definition) is 4. The molecule has 1 atom stereocenters. The lowest BCUT2D eigenvalue weighted by molar-refractivity contribution is 0.182. The van der Waals surface area contributed by atoms with Gasteiger partial charge in [0.1, 0.15) is 12.4 Å². The van der Waals surface area contributed by atoms with E-state index in [9.17, 15) is 4.79 Å². The highest BCUT2D eigenvalue weighted by Crippen LogP contribution is 2.12. The van der Waals surface area contributed by atoms with Gasteiger partial charge in [0.15, 0.2) is 0 Å². The van der Waals surface area contributed by atoms with Gasteiger partial charge in [-0.05, 0) is 17.7 Å². The van der Waals surface area contributed by atoms with E-state index in [2.05, 4.69) is 15.3 Å².